The summed E-state index contributed by atoms with van der Waals surface area (Å²) in [5.41, 5.74) is 1.67. The molecule has 0 fully saturated rings. The van der Waals surface area contributed by atoms with Gasteiger partial charge in [-0.3, -0.25) is 4.79 Å². The lowest BCUT2D eigenvalue weighted by Gasteiger charge is -2.04. The van der Waals surface area contributed by atoms with Gasteiger partial charge in [0.1, 0.15) is 0 Å². The Labute approximate surface area is 94.2 Å². The normalized spacial score (nSPS) is 15.0. The second-order valence-corrected chi connectivity index (χ2v) is 3.48. The van der Waals surface area contributed by atoms with E-state index in [9.17, 15) is 9.90 Å². The van der Waals surface area contributed by atoms with Crippen LogP contribution in [0.4, 0.5) is 0 Å². The lowest BCUT2D eigenvalue weighted by atomic mass is 10.0. The number of benzene rings is 1. The fourth-order valence-corrected chi connectivity index (χ4v) is 1.43. The molecule has 1 aliphatic rings. The molecule has 1 aliphatic carbocycles. The predicted octanol–water partition coefficient (Wildman–Crippen LogP) is 2.04. The molecule has 0 heterocycles. The minimum absolute atomic E-state index is 0.0141. The zero-order valence-electron chi connectivity index (χ0n) is 8.59. The molecule has 0 aliphatic heterocycles. The van der Waals surface area contributed by atoms with E-state index in [-0.39, 0.29) is 11.5 Å². The van der Waals surface area contributed by atoms with Gasteiger partial charge in [-0.1, -0.05) is 30.3 Å². The van der Waals surface area contributed by atoms with Gasteiger partial charge in [-0.05, 0) is 11.6 Å². The molecule has 0 spiro atoms. The van der Waals surface area contributed by atoms with Crippen LogP contribution >= 0.6 is 0 Å². The van der Waals surface area contributed by atoms with Crippen LogP contribution < -0.4 is 5.11 Å². The van der Waals surface area contributed by atoms with E-state index >= 15 is 0 Å². The van der Waals surface area contributed by atoms with E-state index in [1.807, 2.05) is 24.3 Å². The summed E-state index contributed by atoms with van der Waals surface area (Å²) in [6.07, 6.45) is 10.3. The monoisotopic (exact) mass is 210 g/mol. The van der Waals surface area contributed by atoms with Crippen molar-refractivity contribution in [2.45, 2.75) is 0 Å². The molecule has 0 bridgehead atoms. The van der Waals surface area contributed by atoms with Gasteiger partial charge in [0.25, 0.3) is 5.78 Å². The molecule has 0 unspecified atom stereocenters. The molecule has 0 aromatic heterocycles. The lowest BCUT2D eigenvalue weighted by molar-refractivity contribution is -0.268. The van der Waals surface area contributed by atoms with Crippen molar-refractivity contribution in [1.82, 2.24) is 0 Å². The summed E-state index contributed by atoms with van der Waals surface area (Å²) in [5.74, 6) is -0.0283. The second kappa shape index (κ2) is 4.53. The first kappa shape index (κ1) is 10.3. The van der Waals surface area contributed by atoms with Crippen LogP contribution in [0.3, 0.4) is 0 Å². The van der Waals surface area contributed by atoms with Gasteiger partial charge < -0.3 is 5.11 Å². The average molecular weight is 210 g/mol. The SMILES string of the molecule is O=C1C=C(/C=C/c2cccc([O-])c2)C=C[CH+]1. The largest absolute Gasteiger partial charge is 0.872 e. The molecule has 78 valence electrons. The minimum Gasteiger partial charge on any atom is -0.872 e. The number of ketones is 1. The zero-order chi connectivity index (χ0) is 11.4. The van der Waals surface area contributed by atoms with Crippen LogP contribution in [0, 0.1) is 6.42 Å². The number of rotatable bonds is 2. The summed E-state index contributed by atoms with van der Waals surface area (Å²) in [5, 5.41) is 11.1. The molecule has 0 amide bonds. The molecule has 0 saturated heterocycles. The van der Waals surface area contributed by atoms with E-state index in [0.717, 1.165) is 11.1 Å². The number of allylic oxidation sites excluding steroid dienone is 5. The summed E-state index contributed by atoms with van der Waals surface area (Å²) < 4.78 is 0. The third-order valence-electron chi connectivity index (χ3n) is 2.18. The van der Waals surface area contributed by atoms with Crippen LogP contribution in [0.15, 0.2) is 54.1 Å². The highest BCUT2D eigenvalue weighted by atomic mass is 16.3. The Balaban J connectivity index is 2.15. The number of carbonyl (C=O) groups is 1. The van der Waals surface area contributed by atoms with E-state index < -0.39 is 0 Å². The summed E-state index contributed by atoms with van der Waals surface area (Å²) in [6.45, 7) is 0. The minimum atomic E-state index is -0.0141. The first-order valence-corrected chi connectivity index (χ1v) is 4.96. The standard InChI is InChI=1S/C14H10O2/c15-13-5-1-3-11(9-13)7-8-12-4-2-6-14(16)10-12/h1-10H/b8-7+. The van der Waals surface area contributed by atoms with Crippen LogP contribution in [0.1, 0.15) is 5.56 Å². The molecule has 0 saturated carbocycles. The Morgan fingerprint density at radius 1 is 1.25 bits per heavy atom. The topological polar surface area (TPSA) is 40.1 Å². The molecule has 0 N–H and O–H groups in total. The lowest BCUT2D eigenvalue weighted by Crippen LogP contribution is -1.96. The fraction of sp³-hybridized carbons (Fsp3) is 0. The van der Waals surface area contributed by atoms with E-state index in [0.29, 0.717) is 0 Å². The van der Waals surface area contributed by atoms with Gasteiger partial charge in [0.2, 0.25) is 0 Å². The Hall–Kier alpha value is -2.22. The molecular weight excluding hydrogens is 200 g/mol. The van der Waals surface area contributed by atoms with E-state index in [1.165, 1.54) is 12.5 Å². The number of hydrogen-bond acceptors (Lipinski definition) is 2. The van der Waals surface area contributed by atoms with Crippen molar-refractivity contribution in [3.63, 3.8) is 0 Å². The maximum absolute atomic E-state index is 11.1. The molecule has 1 aromatic carbocycles. The van der Waals surface area contributed by atoms with Crippen molar-refractivity contribution in [3.05, 3.63) is 66.1 Å². The van der Waals surface area contributed by atoms with Crippen molar-refractivity contribution in [2.75, 3.05) is 0 Å². The fourth-order valence-electron chi connectivity index (χ4n) is 1.43. The van der Waals surface area contributed by atoms with Gasteiger partial charge in [-0.25, -0.2) is 0 Å². The van der Waals surface area contributed by atoms with Crippen LogP contribution in [0.25, 0.3) is 6.08 Å². The van der Waals surface area contributed by atoms with E-state index in [2.05, 4.69) is 0 Å². The van der Waals surface area contributed by atoms with Crippen molar-refractivity contribution in [1.29, 1.82) is 0 Å². The maximum atomic E-state index is 11.1. The molecule has 16 heavy (non-hydrogen) atoms. The highest BCUT2D eigenvalue weighted by Crippen LogP contribution is 2.13. The highest BCUT2D eigenvalue weighted by Gasteiger charge is 2.10. The van der Waals surface area contributed by atoms with Crippen molar-refractivity contribution in [3.8, 4) is 5.75 Å². The van der Waals surface area contributed by atoms with Crippen molar-refractivity contribution < 1.29 is 9.90 Å². The Morgan fingerprint density at radius 3 is 2.88 bits per heavy atom. The average Bonchev–Trinajstić information content (AvgIpc) is 2.27. The van der Waals surface area contributed by atoms with Gasteiger partial charge in [-0.2, -0.15) is 0 Å². The Bertz CT molecular complexity index is 493. The van der Waals surface area contributed by atoms with Gasteiger partial charge >= 0.3 is 0 Å². The van der Waals surface area contributed by atoms with Gasteiger partial charge in [0.05, 0.1) is 24.1 Å². The maximum Gasteiger partial charge on any atom is 0.285 e. The van der Waals surface area contributed by atoms with Gasteiger partial charge in [-0.15, -0.1) is 5.75 Å². The van der Waals surface area contributed by atoms with E-state index in [1.54, 1.807) is 24.3 Å². The summed E-state index contributed by atoms with van der Waals surface area (Å²) in [4.78, 5) is 11.1. The molecule has 0 atom stereocenters. The number of carbonyl (C=O) groups excluding carboxylic acids is 1. The summed E-state index contributed by atoms with van der Waals surface area (Å²) >= 11 is 0. The molecule has 1 aromatic rings. The van der Waals surface area contributed by atoms with Crippen molar-refractivity contribution in [2.24, 2.45) is 0 Å². The van der Waals surface area contributed by atoms with Crippen LogP contribution in [0.5, 0.6) is 5.75 Å². The third kappa shape index (κ3) is 2.64. The smallest absolute Gasteiger partial charge is 0.285 e. The zero-order valence-corrected chi connectivity index (χ0v) is 8.59. The Kier molecular flexibility index (Phi) is 2.92. The van der Waals surface area contributed by atoms with E-state index in [4.69, 9.17) is 0 Å². The summed E-state index contributed by atoms with van der Waals surface area (Å²) in [6, 6.07) is 6.62. The molecule has 2 rings (SSSR count). The summed E-state index contributed by atoms with van der Waals surface area (Å²) in [7, 11) is 0. The predicted molar refractivity (Wildman–Crippen MR) is 61.5 cm³/mol. The molecule has 2 heteroatoms. The van der Waals surface area contributed by atoms with Gasteiger partial charge in [0.15, 0.2) is 0 Å². The quantitative estimate of drug-likeness (QED) is 0.701. The first-order chi connectivity index (χ1) is 7.74. The van der Waals surface area contributed by atoms with Gasteiger partial charge in [0, 0.05) is 6.08 Å². The first-order valence-electron chi connectivity index (χ1n) is 4.96. The van der Waals surface area contributed by atoms with Crippen molar-refractivity contribution >= 4 is 11.9 Å². The molecule has 0 radical (unpaired) electrons. The van der Waals surface area contributed by atoms with Crippen LogP contribution in [0.2, 0.25) is 0 Å². The molecular formula is C14H10O2. The van der Waals surface area contributed by atoms with Crippen LogP contribution in [-0.4, -0.2) is 5.78 Å². The Morgan fingerprint density at radius 2 is 2.12 bits per heavy atom. The van der Waals surface area contributed by atoms with Crippen LogP contribution in [-0.2, 0) is 4.79 Å². The molecule has 2 nitrogen and oxygen atoms in total. The third-order valence-corrected chi connectivity index (χ3v) is 2.18. The second-order valence-electron chi connectivity index (χ2n) is 3.48. The highest BCUT2D eigenvalue weighted by molar-refractivity contribution is 6.01. The number of hydrogen-bond donors (Lipinski definition) is 0.